The summed E-state index contributed by atoms with van der Waals surface area (Å²) < 4.78 is 11.6. The molecule has 1 aromatic carbocycles. The van der Waals surface area contributed by atoms with E-state index in [1.807, 2.05) is 24.3 Å². The number of ether oxygens (including phenoxy) is 1. The molecule has 0 aliphatic carbocycles. The predicted molar refractivity (Wildman–Crippen MR) is 95.7 cm³/mol. The van der Waals surface area contributed by atoms with Gasteiger partial charge in [0.1, 0.15) is 0 Å². The van der Waals surface area contributed by atoms with Crippen LogP contribution in [-0.4, -0.2) is 44.2 Å². The molecule has 0 aliphatic heterocycles. The van der Waals surface area contributed by atoms with Crippen LogP contribution in [0.2, 0.25) is 0 Å². The molecule has 2 aromatic rings. The summed E-state index contributed by atoms with van der Waals surface area (Å²) in [4.78, 5) is 16.0. The van der Waals surface area contributed by atoms with Crippen molar-refractivity contribution in [1.82, 2.24) is 15.6 Å². The third-order valence-electron chi connectivity index (χ3n) is 3.37. The number of carbonyl (C=O) groups is 1. The Bertz CT molecular complexity index is 646. The van der Waals surface area contributed by atoms with E-state index in [0.29, 0.717) is 37.6 Å². The highest BCUT2D eigenvalue weighted by Crippen LogP contribution is 2.28. The number of carbonyl (C=O) groups excluding carboxylic acids is 1. The molecule has 24 heavy (non-hydrogen) atoms. The van der Waals surface area contributed by atoms with Crippen LogP contribution in [0.3, 0.4) is 0 Å². The largest absolute Gasteiger partial charge is 0.441 e. The number of rotatable bonds is 10. The maximum atomic E-state index is 11.8. The van der Waals surface area contributed by atoms with Crippen molar-refractivity contribution >= 4 is 21.8 Å². The minimum absolute atomic E-state index is 0.0100. The quantitative estimate of drug-likeness (QED) is 0.604. The lowest BCUT2D eigenvalue weighted by molar-refractivity contribution is -0.121. The molecule has 2 N–H and O–H groups in total. The van der Waals surface area contributed by atoms with Crippen LogP contribution in [0.1, 0.15) is 12.3 Å². The number of nitrogens with one attached hydrogen (secondary N) is 2. The van der Waals surface area contributed by atoms with Crippen LogP contribution in [0, 0.1) is 0 Å². The summed E-state index contributed by atoms with van der Waals surface area (Å²) in [6.45, 7) is 2.76. The number of hydrogen-bond donors (Lipinski definition) is 2. The molecule has 0 spiro atoms. The van der Waals surface area contributed by atoms with Gasteiger partial charge in [-0.25, -0.2) is 4.98 Å². The zero-order chi connectivity index (χ0) is 17.2. The van der Waals surface area contributed by atoms with Crippen molar-refractivity contribution in [1.29, 1.82) is 0 Å². The molecule has 1 heterocycles. The minimum atomic E-state index is -0.0100. The van der Waals surface area contributed by atoms with Crippen LogP contribution in [0.5, 0.6) is 0 Å². The van der Waals surface area contributed by atoms with Gasteiger partial charge in [0.2, 0.25) is 5.91 Å². The summed E-state index contributed by atoms with van der Waals surface area (Å²) in [5.74, 6) is 1.25. The third-order valence-corrected chi connectivity index (χ3v) is 4.06. The van der Waals surface area contributed by atoms with Gasteiger partial charge in [-0.15, -0.1) is 0 Å². The van der Waals surface area contributed by atoms with Gasteiger partial charge in [0, 0.05) is 49.6 Å². The summed E-state index contributed by atoms with van der Waals surface area (Å²) in [5, 5.41) is 6.03. The van der Waals surface area contributed by atoms with E-state index in [1.54, 1.807) is 13.3 Å². The normalized spacial score (nSPS) is 10.8. The van der Waals surface area contributed by atoms with Crippen molar-refractivity contribution in [3.63, 3.8) is 0 Å². The second-order valence-electron chi connectivity index (χ2n) is 5.19. The lowest BCUT2D eigenvalue weighted by atomic mass is 10.2. The van der Waals surface area contributed by atoms with Gasteiger partial charge in [0.25, 0.3) is 0 Å². The Labute approximate surface area is 150 Å². The van der Waals surface area contributed by atoms with E-state index in [1.165, 1.54) is 0 Å². The number of aryl methyl sites for hydroxylation is 1. The second kappa shape index (κ2) is 10.2. The minimum Gasteiger partial charge on any atom is -0.441 e. The van der Waals surface area contributed by atoms with Gasteiger partial charge in [-0.2, -0.15) is 0 Å². The summed E-state index contributed by atoms with van der Waals surface area (Å²) in [6.07, 6.45) is 2.52. The first-order valence-electron chi connectivity index (χ1n) is 7.86. The topological polar surface area (TPSA) is 76.4 Å². The van der Waals surface area contributed by atoms with Crippen LogP contribution in [0.25, 0.3) is 11.3 Å². The number of methoxy groups -OCH3 is 1. The Morgan fingerprint density at radius 2 is 2.12 bits per heavy atom. The predicted octanol–water partition coefficient (Wildman–Crippen LogP) is 2.39. The van der Waals surface area contributed by atoms with Gasteiger partial charge in [0.05, 0.1) is 12.8 Å². The number of amides is 1. The number of hydrogen-bond acceptors (Lipinski definition) is 5. The lowest BCUT2D eigenvalue weighted by Gasteiger charge is -2.05. The first-order valence-corrected chi connectivity index (χ1v) is 8.66. The van der Waals surface area contributed by atoms with Crippen molar-refractivity contribution in [2.75, 3.05) is 33.4 Å². The monoisotopic (exact) mass is 395 g/mol. The molecule has 6 nitrogen and oxygen atoms in total. The van der Waals surface area contributed by atoms with Crippen molar-refractivity contribution in [3.05, 3.63) is 40.8 Å². The average Bonchev–Trinajstić information content (AvgIpc) is 3.05. The van der Waals surface area contributed by atoms with E-state index < -0.39 is 0 Å². The Kier molecular flexibility index (Phi) is 7.94. The summed E-state index contributed by atoms with van der Waals surface area (Å²) in [5.41, 5.74) is 0.947. The Balaban J connectivity index is 1.71. The maximum Gasteiger partial charge on any atom is 0.220 e. The van der Waals surface area contributed by atoms with Crippen LogP contribution >= 0.6 is 15.9 Å². The molecule has 0 fully saturated rings. The fourth-order valence-corrected chi connectivity index (χ4v) is 2.59. The second-order valence-corrected chi connectivity index (χ2v) is 6.05. The summed E-state index contributed by atoms with van der Waals surface area (Å²) >= 11 is 3.49. The van der Waals surface area contributed by atoms with Crippen LogP contribution in [-0.2, 0) is 16.0 Å². The SMILES string of the molecule is COCCNCCNC(=O)CCc1ncc(-c2ccccc2Br)o1. The molecule has 0 atom stereocenters. The molecule has 7 heteroatoms. The van der Waals surface area contributed by atoms with Crippen molar-refractivity contribution in [3.8, 4) is 11.3 Å². The molecule has 0 unspecified atom stereocenters. The van der Waals surface area contributed by atoms with Crippen molar-refractivity contribution in [2.45, 2.75) is 12.8 Å². The molecule has 0 saturated heterocycles. The molecule has 1 amide bonds. The number of nitrogens with zero attached hydrogens (tertiary/aromatic N) is 1. The van der Waals surface area contributed by atoms with Crippen LogP contribution < -0.4 is 10.6 Å². The Morgan fingerprint density at radius 1 is 1.29 bits per heavy atom. The Hall–Kier alpha value is -1.70. The van der Waals surface area contributed by atoms with Gasteiger partial charge in [-0.1, -0.05) is 34.1 Å². The molecule has 0 aliphatic rings. The smallest absolute Gasteiger partial charge is 0.220 e. The van der Waals surface area contributed by atoms with Gasteiger partial charge in [-0.3, -0.25) is 4.79 Å². The fourth-order valence-electron chi connectivity index (χ4n) is 2.11. The van der Waals surface area contributed by atoms with E-state index >= 15 is 0 Å². The van der Waals surface area contributed by atoms with E-state index in [4.69, 9.17) is 9.15 Å². The van der Waals surface area contributed by atoms with Gasteiger partial charge >= 0.3 is 0 Å². The number of oxazole rings is 1. The van der Waals surface area contributed by atoms with E-state index in [9.17, 15) is 4.79 Å². The molecule has 0 saturated carbocycles. The first-order chi connectivity index (χ1) is 11.7. The molecular formula is C17H22BrN3O3. The zero-order valence-corrected chi connectivity index (χ0v) is 15.3. The van der Waals surface area contributed by atoms with Crippen LogP contribution in [0.4, 0.5) is 0 Å². The fraction of sp³-hybridized carbons (Fsp3) is 0.412. The highest BCUT2D eigenvalue weighted by molar-refractivity contribution is 9.10. The Morgan fingerprint density at radius 3 is 2.92 bits per heavy atom. The maximum absolute atomic E-state index is 11.8. The molecule has 0 radical (unpaired) electrons. The number of aromatic nitrogens is 1. The zero-order valence-electron chi connectivity index (χ0n) is 13.7. The van der Waals surface area contributed by atoms with Gasteiger partial charge in [-0.05, 0) is 6.07 Å². The van der Waals surface area contributed by atoms with Gasteiger partial charge < -0.3 is 19.8 Å². The summed E-state index contributed by atoms with van der Waals surface area (Å²) in [7, 11) is 1.66. The average molecular weight is 396 g/mol. The number of halogens is 1. The molecular weight excluding hydrogens is 374 g/mol. The highest BCUT2D eigenvalue weighted by Gasteiger charge is 2.10. The summed E-state index contributed by atoms with van der Waals surface area (Å²) in [6, 6.07) is 7.79. The molecule has 2 rings (SSSR count). The van der Waals surface area contributed by atoms with Crippen molar-refractivity contribution < 1.29 is 13.9 Å². The van der Waals surface area contributed by atoms with E-state index in [0.717, 1.165) is 23.1 Å². The lowest BCUT2D eigenvalue weighted by Crippen LogP contribution is -2.33. The molecule has 0 bridgehead atoms. The van der Waals surface area contributed by atoms with Gasteiger partial charge in [0.15, 0.2) is 11.7 Å². The van der Waals surface area contributed by atoms with Crippen molar-refractivity contribution in [2.24, 2.45) is 0 Å². The molecule has 130 valence electrons. The number of benzene rings is 1. The van der Waals surface area contributed by atoms with E-state index in [2.05, 4.69) is 31.5 Å². The first kappa shape index (κ1) is 18.6. The standard InChI is InChI=1S/C17H22BrN3O3/c1-23-11-10-19-8-9-20-16(22)6-7-17-21-12-15(24-17)13-4-2-3-5-14(13)18/h2-5,12,19H,6-11H2,1H3,(H,20,22). The molecule has 1 aromatic heterocycles. The third kappa shape index (κ3) is 6.07. The van der Waals surface area contributed by atoms with Crippen LogP contribution in [0.15, 0.2) is 39.4 Å². The highest BCUT2D eigenvalue weighted by atomic mass is 79.9. The van der Waals surface area contributed by atoms with E-state index in [-0.39, 0.29) is 5.91 Å².